The first-order chi connectivity index (χ1) is 9.51. The summed E-state index contributed by atoms with van der Waals surface area (Å²) in [6.45, 7) is 5.96. The molecule has 1 aromatic heterocycles. The minimum absolute atomic E-state index is 0.0240. The summed E-state index contributed by atoms with van der Waals surface area (Å²) in [5.41, 5.74) is 8.81. The number of aromatic nitrogens is 1. The molecular formula is C16H19ClN2O. The molecule has 2 rings (SSSR count). The molecular weight excluding hydrogens is 272 g/mol. The van der Waals surface area contributed by atoms with E-state index in [1.54, 1.807) is 6.20 Å². The van der Waals surface area contributed by atoms with E-state index < -0.39 is 0 Å². The van der Waals surface area contributed by atoms with Crippen molar-refractivity contribution in [3.8, 4) is 11.5 Å². The van der Waals surface area contributed by atoms with Gasteiger partial charge in [0.1, 0.15) is 11.5 Å². The first kappa shape index (κ1) is 14.8. The van der Waals surface area contributed by atoms with Gasteiger partial charge < -0.3 is 10.5 Å². The Kier molecular flexibility index (Phi) is 4.63. The average Bonchev–Trinajstić information content (AvgIpc) is 2.44. The van der Waals surface area contributed by atoms with Gasteiger partial charge in [-0.15, -0.1) is 0 Å². The van der Waals surface area contributed by atoms with Crippen LogP contribution in [0.5, 0.6) is 11.5 Å². The molecule has 0 unspecified atom stereocenters. The van der Waals surface area contributed by atoms with Crippen molar-refractivity contribution < 1.29 is 4.74 Å². The monoisotopic (exact) mass is 290 g/mol. The Morgan fingerprint density at radius 3 is 2.35 bits per heavy atom. The maximum Gasteiger partial charge on any atom is 0.145 e. The van der Waals surface area contributed by atoms with Crippen molar-refractivity contribution in [2.24, 2.45) is 5.73 Å². The van der Waals surface area contributed by atoms with E-state index in [0.29, 0.717) is 5.75 Å². The molecule has 3 nitrogen and oxygen atoms in total. The van der Waals surface area contributed by atoms with E-state index in [0.717, 1.165) is 34.0 Å². The van der Waals surface area contributed by atoms with E-state index in [4.69, 9.17) is 22.1 Å². The zero-order chi connectivity index (χ0) is 14.7. The molecule has 1 aromatic carbocycles. The van der Waals surface area contributed by atoms with Gasteiger partial charge in [-0.25, -0.2) is 0 Å². The number of hydrogen-bond donors (Lipinski definition) is 1. The Labute approximate surface area is 124 Å². The van der Waals surface area contributed by atoms with Crippen molar-refractivity contribution in [3.63, 3.8) is 0 Å². The van der Waals surface area contributed by atoms with Gasteiger partial charge in [-0.05, 0) is 55.7 Å². The number of nitrogens with two attached hydrogens (primary N) is 1. The Morgan fingerprint density at radius 1 is 1.20 bits per heavy atom. The molecule has 0 aliphatic carbocycles. The van der Waals surface area contributed by atoms with Crippen LogP contribution in [-0.2, 0) is 0 Å². The fourth-order valence-electron chi connectivity index (χ4n) is 1.98. The first-order valence-electron chi connectivity index (χ1n) is 6.67. The minimum atomic E-state index is -0.0240. The van der Waals surface area contributed by atoms with Gasteiger partial charge in [-0.2, -0.15) is 0 Å². The first-order valence-corrected chi connectivity index (χ1v) is 7.05. The van der Waals surface area contributed by atoms with Gasteiger partial charge in [0.15, 0.2) is 0 Å². The van der Waals surface area contributed by atoms with Crippen LogP contribution in [0.3, 0.4) is 0 Å². The number of aryl methyl sites for hydroxylation is 2. The summed E-state index contributed by atoms with van der Waals surface area (Å²) in [4.78, 5) is 4.33. The van der Waals surface area contributed by atoms with Crippen LogP contribution in [0.25, 0.3) is 0 Å². The average molecular weight is 291 g/mol. The van der Waals surface area contributed by atoms with Crippen molar-refractivity contribution in [1.82, 2.24) is 4.98 Å². The number of hydrogen-bond acceptors (Lipinski definition) is 3. The molecule has 0 spiro atoms. The van der Waals surface area contributed by atoms with E-state index in [1.807, 2.05) is 45.0 Å². The molecule has 20 heavy (non-hydrogen) atoms. The minimum Gasteiger partial charge on any atom is -0.456 e. The molecule has 0 bridgehead atoms. The number of rotatable bonds is 4. The number of pyridine rings is 1. The SMILES string of the molecule is CC[C@H](N)c1ccc(Oc2cc(C)c(Cl)c(C)c2)cn1. The molecule has 1 atom stereocenters. The zero-order valence-corrected chi connectivity index (χ0v) is 12.7. The van der Waals surface area contributed by atoms with Crippen molar-refractivity contribution in [2.45, 2.75) is 33.2 Å². The molecule has 106 valence electrons. The molecule has 0 amide bonds. The van der Waals surface area contributed by atoms with Crippen LogP contribution in [0.4, 0.5) is 0 Å². The fourth-order valence-corrected chi connectivity index (χ4v) is 2.09. The summed E-state index contributed by atoms with van der Waals surface area (Å²) < 4.78 is 5.80. The predicted molar refractivity (Wildman–Crippen MR) is 82.5 cm³/mol. The highest BCUT2D eigenvalue weighted by Crippen LogP contribution is 2.29. The standard InChI is InChI=1S/C16H19ClN2O/c1-4-14(18)15-6-5-12(9-19-15)20-13-7-10(2)16(17)11(3)8-13/h5-9,14H,4,18H2,1-3H3/t14-/m0/s1. The molecule has 0 aliphatic heterocycles. The van der Waals surface area contributed by atoms with E-state index in [9.17, 15) is 0 Å². The van der Waals surface area contributed by atoms with Crippen LogP contribution in [0.15, 0.2) is 30.5 Å². The van der Waals surface area contributed by atoms with Crippen LogP contribution in [0, 0.1) is 13.8 Å². The molecule has 2 aromatic rings. The molecule has 0 aliphatic rings. The lowest BCUT2D eigenvalue weighted by Crippen LogP contribution is -2.10. The lowest BCUT2D eigenvalue weighted by Gasteiger charge is -2.11. The van der Waals surface area contributed by atoms with Crippen molar-refractivity contribution in [1.29, 1.82) is 0 Å². The van der Waals surface area contributed by atoms with Gasteiger partial charge in [0.05, 0.1) is 11.9 Å². The molecule has 2 N–H and O–H groups in total. The van der Waals surface area contributed by atoms with Gasteiger partial charge in [-0.1, -0.05) is 18.5 Å². The van der Waals surface area contributed by atoms with E-state index in [1.165, 1.54) is 0 Å². The van der Waals surface area contributed by atoms with E-state index in [-0.39, 0.29) is 6.04 Å². The van der Waals surface area contributed by atoms with Crippen molar-refractivity contribution in [3.05, 3.63) is 52.3 Å². The van der Waals surface area contributed by atoms with Crippen LogP contribution in [0.2, 0.25) is 5.02 Å². The topological polar surface area (TPSA) is 48.1 Å². The quantitative estimate of drug-likeness (QED) is 0.898. The van der Waals surface area contributed by atoms with Gasteiger partial charge in [0.25, 0.3) is 0 Å². The van der Waals surface area contributed by atoms with Gasteiger partial charge in [-0.3, -0.25) is 4.98 Å². The summed E-state index contributed by atoms with van der Waals surface area (Å²) in [6, 6.07) is 7.60. The number of benzene rings is 1. The third-order valence-electron chi connectivity index (χ3n) is 3.22. The van der Waals surface area contributed by atoms with Crippen LogP contribution >= 0.6 is 11.6 Å². The zero-order valence-electron chi connectivity index (χ0n) is 12.0. The molecule has 0 saturated heterocycles. The maximum absolute atomic E-state index is 6.14. The highest BCUT2D eigenvalue weighted by molar-refractivity contribution is 6.32. The van der Waals surface area contributed by atoms with Crippen molar-refractivity contribution >= 4 is 11.6 Å². The van der Waals surface area contributed by atoms with Gasteiger partial charge >= 0.3 is 0 Å². The molecule has 0 radical (unpaired) electrons. The molecule has 4 heteroatoms. The Bertz CT molecular complexity index is 573. The molecule has 0 saturated carbocycles. The third kappa shape index (κ3) is 3.30. The largest absolute Gasteiger partial charge is 0.456 e. The second-order valence-electron chi connectivity index (χ2n) is 4.91. The summed E-state index contributed by atoms with van der Waals surface area (Å²) >= 11 is 6.14. The smallest absolute Gasteiger partial charge is 0.145 e. The number of halogens is 1. The fraction of sp³-hybridized carbons (Fsp3) is 0.312. The lowest BCUT2D eigenvalue weighted by molar-refractivity contribution is 0.478. The lowest BCUT2D eigenvalue weighted by atomic mass is 10.1. The van der Waals surface area contributed by atoms with Crippen molar-refractivity contribution in [2.75, 3.05) is 0 Å². The normalized spacial score (nSPS) is 12.2. The Morgan fingerprint density at radius 2 is 1.85 bits per heavy atom. The van der Waals surface area contributed by atoms with Gasteiger partial charge in [0, 0.05) is 11.1 Å². The highest BCUT2D eigenvalue weighted by Gasteiger charge is 2.07. The van der Waals surface area contributed by atoms with E-state index >= 15 is 0 Å². The van der Waals surface area contributed by atoms with Crippen LogP contribution < -0.4 is 10.5 Å². The van der Waals surface area contributed by atoms with Crippen LogP contribution in [-0.4, -0.2) is 4.98 Å². The van der Waals surface area contributed by atoms with Crippen LogP contribution in [0.1, 0.15) is 36.2 Å². The Hall–Kier alpha value is -1.58. The van der Waals surface area contributed by atoms with Gasteiger partial charge in [0.2, 0.25) is 0 Å². The summed E-state index contributed by atoms with van der Waals surface area (Å²) in [6.07, 6.45) is 2.56. The molecule has 0 fully saturated rings. The second kappa shape index (κ2) is 6.25. The second-order valence-corrected chi connectivity index (χ2v) is 5.28. The predicted octanol–water partition coefficient (Wildman–Crippen LogP) is 4.55. The number of ether oxygens (including phenoxy) is 1. The number of nitrogens with zero attached hydrogens (tertiary/aromatic N) is 1. The third-order valence-corrected chi connectivity index (χ3v) is 3.82. The summed E-state index contributed by atoms with van der Waals surface area (Å²) in [5.74, 6) is 1.46. The summed E-state index contributed by atoms with van der Waals surface area (Å²) in [7, 11) is 0. The molecule has 1 heterocycles. The Balaban J connectivity index is 2.18. The highest BCUT2D eigenvalue weighted by atomic mass is 35.5. The maximum atomic E-state index is 6.14. The van der Waals surface area contributed by atoms with E-state index in [2.05, 4.69) is 4.98 Å². The summed E-state index contributed by atoms with van der Waals surface area (Å²) in [5, 5.41) is 0.778.